The fourth-order valence-electron chi connectivity index (χ4n) is 2.43. The molecule has 0 radical (unpaired) electrons. The van der Waals surface area contributed by atoms with E-state index >= 15 is 0 Å². The minimum atomic E-state index is -0.824. The second kappa shape index (κ2) is 6.07. The second-order valence-electron chi connectivity index (χ2n) is 5.05. The van der Waals surface area contributed by atoms with Gasteiger partial charge in [-0.15, -0.1) is 0 Å². The molecule has 5 heteroatoms. The molecule has 22 heavy (non-hydrogen) atoms. The van der Waals surface area contributed by atoms with Crippen molar-refractivity contribution >= 4 is 40.2 Å². The molecular formula is C17H14ClNO2S. The topological polar surface area (TPSA) is 53.1 Å². The number of nitrogens with one attached hydrogen (secondary N) is 1. The Balaban J connectivity index is 2.04. The number of benzene rings is 2. The van der Waals surface area contributed by atoms with Crippen LogP contribution in [0, 0.1) is 6.92 Å². The highest BCUT2D eigenvalue weighted by molar-refractivity contribution is 7.99. The number of H-pyrrole nitrogens is 1. The van der Waals surface area contributed by atoms with Crippen LogP contribution in [0.3, 0.4) is 0 Å². The van der Waals surface area contributed by atoms with Gasteiger partial charge >= 0.3 is 5.97 Å². The monoisotopic (exact) mass is 331 g/mol. The fourth-order valence-corrected chi connectivity index (χ4v) is 3.73. The lowest BCUT2D eigenvalue weighted by Gasteiger charge is -2.07. The summed E-state index contributed by atoms with van der Waals surface area (Å²) < 4.78 is 0. The average molecular weight is 332 g/mol. The predicted molar refractivity (Wildman–Crippen MR) is 90.0 cm³/mol. The van der Waals surface area contributed by atoms with Crippen molar-refractivity contribution in [3.8, 4) is 0 Å². The maximum absolute atomic E-state index is 11.0. The van der Waals surface area contributed by atoms with E-state index in [2.05, 4.69) is 4.98 Å². The van der Waals surface area contributed by atoms with Crippen molar-refractivity contribution in [1.29, 1.82) is 0 Å². The fraction of sp³-hybridized carbons (Fsp3) is 0.118. The molecule has 3 rings (SSSR count). The third kappa shape index (κ3) is 2.98. The molecule has 112 valence electrons. The van der Waals surface area contributed by atoms with Crippen LogP contribution in [0.15, 0.2) is 52.3 Å². The van der Waals surface area contributed by atoms with Crippen LogP contribution in [0.25, 0.3) is 10.9 Å². The van der Waals surface area contributed by atoms with E-state index in [-0.39, 0.29) is 6.42 Å². The van der Waals surface area contributed by atoms with E-state index < -0.39 is 5.97 Å². The Morgan fingerprint density at radius 2 is 2.05 bits per heavy atom. The number of aliphatic carboxylic acids is 1. The van der Waals surface area contributed by atoms with Crippen molar-refractivity contribution in [3.05, 3.63) is 58.7 Å². The average Bonchev–Trinajstić information content (AvgIpc) is 2.75. The first-order valence-electron chi connectivity index (χ1n) is 6.80. The highest BCUT2D eigenvalue weighted by Crippen LogP contribution is 2.38. The van der Waals surface area contributed by atoms with E-state index in [4.69, 9.17) is 16.7 Å². The van der Waals surface area contributed by atoms with E-state index in [0.29, 0.717) is 5.02 Å². The van der Waals surface area contributed by atoms with Crippen molar-refractivity contribution in [3.63, 3.8) is 0 Å². The van der Waals surface area contributed by atoms with Gasteiger partial charge in [0.15, 0.2) is 0 Å². The molecular weight excluding hydrogens is 318 g/mol. The molecule has 2 N–H and O–H groups in total. The zero-order chi connectivity index (χ0) is 15.7. The smallest absolute Gasteiger partial charge is 0.307 e. The SMILES string of the molecule is Cc1[nH]c2cc(Cl)ccc2c1Sc1ccccc1CC(=O)O. The number of aryl methyl sites for hydroxylation is 1. The van der Waals surface area contributed by atoms with Crippen molar-refractivity contribution in [2.24, 2.45) is 0 Å². The normalized spacial score (nSPS) is 11.0. The van der Waals surface area contributed by atoms with Crippen LogP contribution in [0.1, 0.15) is 11.3 Å². The Morgan fingerprint density at radius 3 is 2.82 bits per heavy atom. The third-order valence-corrected chi connectivity index (χ3v) is 5.00. The zero-order valence-electron chi connectivity index (χ0n) is 11.9. The quantitative estimate of drug-likeness (QED) is 0.714. The molecule has 2 aromatic carbocycles. The summed E-state index contributed by atoms with van der Waals surface area (Å²) >= 11 is 7.62. The van der Waals surface area contributed by atoms with Crippen LogP contribution < -0.4 is 0 Å². The lowest BCUT2D eigenvalue weighted by atomic mass is 10.1. The van der Waals surface area contributed by atoms with Crippen LogP contribution in [-0.2, 0) is 11.2 Å². The zero-order valence-corrected chi connectivity index (χ0v) is 13.5. The van der Waals surface area contributed by atoms with Crippen LogP contribution in [0.5, 0.6) is 0 Å². The minimum Gasteiger partial charge on any atom is -0.481 e. The molecule has 3 aromatic rings. The van der Waals surface area contributed by atoms with E-state index in [1.807, 2.05) is 49.4 Å². The van der Waals surface area contributed by atoms with Gasteiger partial charge in [0.1, 0.15) is 0 Å². The summed E-state index contributed by atoms with van der Waals surface area (Å²) in [6.07, 6.45) is 0.0242. The van der Waals surface area contributed by atoms with Gasteiger partial charge in [0.2, 0.25) is 0 Å². The summed E-state index contributed by atoms with van der Waals surface area (Å²) in [4.78, 5) is 16.4. The van der Waals surface area contributed by atoms with Gasteiger partial charge < -0.3 is 10.1 Å². The number of halogens is 1. The van der Waals surface area contributed by atoms with E-state index in [1.54, 1.807) is 11.8 Å². The maximum Gasteiger partial charge on any atom is 0.307 e. The second-order valence-corrected chi connectivity index (χ2v) is 6.54. The van der Waals surface area contributed by atoms with Gasteiger partial charge in [-0.05, 0) is 30.7 Å². The van der Waals surface area contributed by atoms with Gasteiger partial charge in [-0.1, -0.05) is 47.6 Å². The van der Waals surface area contributed by atoms with Crippen LogP contribution in [0.4, 0.5) is 0 Å². The first-order chi connectivity index (χ1) is 10.5. The summed E-state index contributed by atoms with van der Waals surface area (Å²) in [7, 11) is 0. The van der Waals surface area contributed by atoms with Gasteiger partial charge in [-0.25, -0.2) is 0 Å². The molecule has 1 heterocycles. The maximum atomic E-state index is 11.0. The molecule has 0 spiro atoms. The number of aromatic amines is 1. The van der Waals surface area contributed by atoms with Crippen molar-refractivity contribution in [1.82, 2.24) is 4.98 Å². The molecule has 1 aromatic heterocycles. The minimum absolute atomic E-state index is 0.0242. The van der Waals surface area contributed by atoms with Gasteiger partial charge in [0, 0.05) is 31.4 Å². The number of hydrogen-bond donors (Lipinski definition) is 2. The summed E-state index contributed by atoms with van der Waals surface area (Å²) in [5, 5.41) is 10.8. The number of aromatic nitrogens is 1. The standard InChI is InChI=1S/C17H14ClNO2S/c1-10-17(13-7-6-12(18)9-14(13)19-10)22-15-5-3-2-4-11(15)8-16(20)21/h2-7,9,19H,8H2,1H3,(H,20,21). The summed E-state index contributed by atoms with van der Waals surface area (Å²) in [5.41, 5.74) is 2.86. The van der Waals surface area contributed by atoms with Crippen LogP contribution >= 0.6 is 23.4 Å². The Labute approximate surface area is 137 Å². The molecule has 0 atom stereocenters. The molecule has 0 bridgehead atoms. The Hall–Kier alpha value is -1.91. The number of fused-ring (bicyclic) bond motifs is 1. The number of carboxylic acid groups (broad SMARTS) is 1. The lowest BCUT2D eigenvalue weighted by molar-refractivity contribution is -0.136. The first-order valence-corrected chi connectivity index (χ1v) is 7.99. The number of carboxylic acids is 1. The molecule has 0 saturated heterocycles. The highest BCUT2D eigenvalue weighted by atomic mass is 35.5. The van der Waals surface area contributed by atoms with E-state index in [9.17, 15) is 4.79 Å². The highest BCUT2D eigenvalue weighted by Gasteiger charge is 2.13. The van der Waals surface area contributed by atoms with Gasteiger partial charge in [-0.3, -0.25) is 4.79 Å². The third-order valence-electron chi connectivity index (χ3n) is 3.42. The van der Waals surface area contributed by atoms with Crippen LogP contribution in [0.2, 0.25) is 5.02 Å². The van der Waals surface area contributed by atoms with Crippen molar-refractivity contribution in [2.45, 2.75) is 23.1 Å². The summed E-state index contributed by atoms with van der Waals surface area (Å²) in [6, 6.07) is 13.4. The van der Waals surface area contributed by atoms with Crippen LogP contribution in [-0.4, -0.2) is 16.1 Å². The molecule has 0 aliphatic heterocycles. The predicted octanol–water partition coefficient (Wildman–Crippen LogP) is 4.91. The van der Waals surface area contributed by atoms with E-state index in [0.717, 1.165) is 32.0 Å². The van der Waals surface area contributed by atoms with Gasteiger partial charge in [0.25, 0.3) is 0 Å². The van der Waals surface area contributed by atoms with Crippen molar-refractivity contribution < 1.29 is 9.90 Å². The number of rotatable bonds is 4. The molecule has 0 fully saturated rings. The first kappa shape index (κ1) is 15.0. The summed E-state index contributed by atoms with van der Waals surface area (Å²) in [6.45, 7) is 2.01. The van der Waals surface area contributed by atoms with E-state index in [1.165, 1.54) is 0 Å². The molecule has 0 amide bonds. The molecule has 0 unspecified atom stereocenters. The largest absolute Gasteiger partial charge is 0.481 e. The number of carbonyl (C=O) groups is 1. The Morgan fingerprint density at radius 1 is 1.27 bits per heavy atom. The Bertz CT molecular complexity index is 857. The number of hydrogen-bond acceptors (Lipinski definition) is 2. The van der Waals surface area contributed by atoms with Gasteiger partial charge in [0.05, 0.1) is 6.42 Å². The molecule has 0 aliphatic rings. The van der Waals surface area contributed by atoms with Gasteiger partial charge in [-0.2, -0.15) is 0 Å². The lowest BCUT2D eigenvalue weighted by Crippen LogP contribution is -2.01. The molecule has 0 aliphatic carbocycles. The molecule has 0 saturated carbocycles. The molecule has 3 nitrogen and oxygen atoms in total. The van der Waals surface area contributed by atoms with Crippen molar-refractivity contribution in [2.75, 3.05) is 0 Å². The summed E-state index contributed by atoms with van der Waals surface area (Å²) in [5.74, 6) is -0.824. The Kier molecular flexibility index (Phi) is 4.14.